The van der Waals surface area contributed by atoms with Crippen molar-refractivity contribution in [3.05, 3.63) is 0 Å². The van der Waals surface area contributed by atoms with Crippen LogP contribution < -0.4 is 10.6 Å². The first kappa shape index (κ1) is 15.1. The molecule has 0 aromatic carbocycles. The molecule has 0 aliphatic heterocycles. The Hall–Kier alpha value is -1.26. The van der Waals surface area contributed by atoms with Gasteiger partial charge in [-0.1, -0.05) is 20.3 Å². The van der Waals surface area contributed by atoms with Crippen molar-refractivity contribution in [3.63, 3.8) is 0 Å². The van der Waals surface area contributed by atoms with Gasteiger partial charge in [0.15, 0.2) is 0 Å². The minimum Gasteiger partial charge on any atom is -0.481 e. The summed E-state index contributed by atoms with van der Waals surface area (Å²) in [6.45, 7) is 4.87. The zero-order valence-electron chi connectivity index (χ0n) is 12.4. The lowest BCUT2D eigenvalue weighted by molar-refractivity contribution is -0.142. The summed E-state index contributed by atoms with van der Waals surface area (Å²) >= 11 is 0. The Morgan fingerprint density at radius 2 is 1.90 bits per heavy atom. The zero-order valence-corrected chi connectivity index (χ0v) is 12.4. The number of amides is 2. The van der Waals surface area contributed by atoms with E-state index in [9.17, 15) is 9.59 Å². The zero-order chi connectivity index (χ0) is 14.7. The Morgan fingerprint density at radius 3 is 2.50 bits per heavy atom. The van der Waals surface area contributed by atoms with E-state index < -0.39 is 5.97 Å². The van der Waals surface area contributed by atoms with Crippen molar-refractivity contribution in [1.29, 1.82) is 0 Å². The van der Waals surface area contributed by atoms with Crippen LogP contribution in [0, 0.1) is 23.7 Å². The van der Waals surface area contributed by atoms with Gasteiger partial charge in [-0.25, -0.2) is 4.79 Å². The highest BCUT2D eigenvalue weighted by molar-refractivity contribution is 5.74. The van der Waals surface area contributed by atoms with E-state index >= 15 is 0 Å². The van der Waals surface area contributed by atoms with Crippen molar-refractivity contribution >= 4 is 12.0 Å². The van der Waals surface area contributed by atoms with Gasteiger partial charge < -0.3 is 15.7 Å². The average Bonchev–Trinajstić information content (AvgIpc) is 2.98. The summed E-state index contributed by atoms with van der Waals surface area (Å²) in [6.07, 6.45) is 4.78. The molecule has 3 N–H and O–H groups in total. The van der Waals surface area contributed by atoms with Crippen molar-refractivity contribution in [2.45, 2.75) is 52.0 Å². The maximum absolute atomic E-state index is 11.9. The fourth-order valence-corrected chi connectivity index (χ4v) is 3.62. The first-order valence-electron chi connectivity index (χ1n) is 7.76. The Balaban J connectivity index is 1.74. The highest BCUT2D eigenvalue weighted by Crippen LogP contribution is 2.32. The van der Waals surface area contributed by atoms with Crippen LogP contribution >= 0.6 is 0 Å². The van der Waals surface area contributed by atoms with Gasteiger partial charge in [0, 0.05) is 12.6 Å². The normalized spacial score (nSPS) is 36.8. The number of carbonyl (C=O) groups excluding carboxylic acids is 1. The molecule has 0 bridgehead atoms. The molecular weight excluding hydrogens is 256 g/mol. The number of nitrogens with one attached hydrogen (secondary N) is 2. The standard InChI is InChI=1S/C15H26N2O3/c1-9-6-7-13(10(9)2)17-15(20)16-8-11-4-3-5-12(11)14(18)19/h9-13H,3-8H2,1-2H3,(H,18,19)(H2,16,17,20). The third-order valence-corrected chi connectivity index (χ3v) is 5.28. The van der Waals surface area contributed by atoms with E-state index in [-0.39, 0.29) is 23.9 Å². The highest BCUT2D eigenvalue weighted by Gasteiger charge is 2.34. The van der Waals surface area contributed by atoms with Crippen LogP contribution in [0.3, 0.4) is 0 Å². The lowest BCUT2D eigenvalue weighted by Crippen LogP contribution is -2.45. The molecule has 0 spiro atoms. The van der Waals surface area contributed by atoms with E-state index in [2.05, 4.69) is 24.5 Å². The largest absolute Gasteiger partial charge is 0.481 e. The predicted molar refractivity (Wildman–Crippen MR) is 76.4 cm³/mol. The molecule has 5 nitrogen and oxygen atoms in total. The number of hydrogen-bond acceptors (Lipinski definition) is 2. The molecule has 2 amide bonds. The lowest BCUT2D eigenvalue weighted by atomic mass is 9.96. The van der Waals surface area contributed by atoms with Crippen LogP contribution in [0.25, 0.3) is 0 Å². The molecule has 5 heteroatoms. The number of hydrogen-bond donors (Lipinski definition) is 3. The van der Waals surface area contributed by atoms with Crippen LogP contribution in [0.1, 0.15) is 46.0 Å². The van der Waals surface area contributed by atoms with E-state index in [1.54, 1.807) is 0 Å². The molecule has 2 aliphatic rings. The minimum absolute atomic E-state index is 0.0816. The second-order valence-electron chi connectivity index (χ2n) is 6.51. The summed E-state index contributed by atoms with van der Waals surface area (Å²) in [5.41, 5.74) is 0. The molecule has 2 aliphatic carbocycles. The van der Waals surface area contributed by atoms with Crippen LogP contribution in [0.5, 0.6) is 0 Å². The SMILES string of the molecule is CC1CCC(NC(=O)NCC2CCCC2C(=O)O)C1C. The number of aliphatic carboxylic acids is 1. The number of carboxylic acid groups (broad SMARTS) is 1. The van der Waals surface area contributed by atoms with E-state index in [0.29, 0.717) is 18.4 Å². The third-order valence-electron chi connectivity index (χ3n) is 5.28. The van der Waals surface area contributed by atoms with Gasteiger partial charge >= 0.3 is 12.0 Å². The van der Waals surface area contributed by atoms with E-state index in [4.69, 9.17) is 5.11 Å². The Kier molecular flexibility index (Phi) is 4.89. The van der Waals surface area contributed by atoms with Gasteiger partial charge in [0.2, 0.25) is 0 Å². The van der Waals surface area contributed by atoms with E-state index in [0.717, 1.165) is 32.1 Å². The molecule has 5 unspecified atom stereocenters. The second kappa shape index (κ2) is 6.46. The fourth-order valence-electron chi connectivity index (χ4n) is 3.62. The second-order valence-corrected chi connectivity index (χ2v) is 6.51. The monoisotopic (exact) mass is 282 g/mol. The minimum atomic E-state index is -0.729. The molecule has 2 rings (SSSR count). The molecule has 0 heterocycles. The van der Waals surface area contributed by atoms with Crippen molar-refractivity contribution in [2.24, 2.45) is 23.7 Å². The van der Waals surface area contributed by atoms with Crippen molar-refractivity contribution in [2.75, 3.05) is 6.54 Å². The number of rotatable bonds is 4. The summed E-state index contributed by atoms with van der Waals surface area (Å²) in [5.74, 6) is 0.234. The van der Waals surface area contributed by atoms with Crippen LogP contribution in [-0.4, -0.2) is 29.7 Å². The number of urea groups is 1. The molecular formula is C15H26N2O3. The van der Waals surface area contributed by atoms with E-state index in [1.807, 2.05) is 0 Å². The smallest absolute Gasteiger partial charge is 0.315 e. The topological polar surface area (TPSA) is 78.4 Å². The Morgan fingerprint density at radius 1 is 1.15 bits per heavy atom. The predicted octanol–water partition coefficient (Wildman–Crippen LogP) is 2.22. The molecule has 2 saturated carbocycles. The summed E-state index contributed by atoms with van der Waals surface area (Å²) in [4.78, 5) is 23.0. The van der Waals surface area contributed by atoms with Crippen molar-refractivity contribution in [3.8, 4) is 0 Å². The van der Waals surface area contributed by atoms with Crippen LogP contribution in [-0.2, 0) is 4.79 Å². The molecule has 5 atom stereocenters. The van der Waals surface area contributed by atoms with Gasteiger partial charge in [-0.05, 0) is 43.4 Å². The van der Waals surface area contributed by atoms with Gasteiger partial charge in [-0.3, -0.25) is 4.79 Å². The Labute approximate surface area is 120 Å². The van der Waals surface area contributed by atoms with E-state index in [1.165, 1.54) is 0 Å². The number of carbonyl (C=O) groups is 2. The summed E-state index contributed by atoms with van der Waals surface area (Å²) in [5, 5.41) is 15.0. The quantitative estimate of drug-likeness (QED) is 0.740. The highest BCUT2D eigenvalue weighted by atomic mass is 16.4. The maximum Gasteiger partial charge on any atom is 0.315 e. The van der Waals surface area contributed by atoms with Crippen molar-refractivity contribution < 1.29 is 14.7 Å². The first-order chi connectivity index (χ1) is 9.49. The molecule has 0 aromatic rings. The number of carboxylic acids is 1. The van der Waals surface area contributed by atoms with Crippen LogP contribution in [0.4, 0.5) is 4.79 Å². The molecule has 0 aromatic heterocycles. The van der Waals surface area contributed by atoms with Gasteiger partial charge in [0.25, 0.3) is 0 Å². The molecule has 2 fully saturated rings. The third kappa shape index (κ3) is 3.44. The van der Waals surface area contributed by atoms with Crippen LogP contribution in [0.2, 0.25) is 0 Å². The maximum atomic E-state index is 11.9. The average molecular weight is 282 g/mol. The van der Waals surface area contributed by atoms with Crippen LogP contribution in [0.15, 0.2) is 0 Å². The fraction of sp³-hybridized carbons (Fsp3) is 0.867. The van der Waals surface area contributed by atoms with Gasteiger partial charge in [-0.15, -0.1) is 0 Å². The molecule has 0 radical (unpaired) electrons. The molecule has 0 saturated heterocycles. The molecule has 20 heavy (non-hydrogen) atoms. The summed E-state index contributed by atoms with van der Waals surface area (Å²) in [7, 11) is 0. The molecule has 114 valence electrons. The van der Waals surface area contributed by atoms with Crippen molar-refractivity contribution in [1.82, 2.24) is 10.6 Å². The first-order valence-corrected chi connectivity index (χ1v) is 7.76. The van der Waals surface area contributed by atoms with Gasteiger partial charge in [0.05, 0.1) is 5.92 Å². The van der Waals surface area contributed by atoms with Gasteiger partial charge in [0.1, 0.15) is 0 Å². The van der Waals surface area contributed by atoms with Gasteiger partial charge in [-0.2, -0.15) is 0 Å². The summed E-state index contributed by atoms with van der Waals surface area (Å²) < 4.78 is 0. The summed E-state index contributed by atoms with van der Waals surface area (Å²) in [6, 6.07) is 0.107. The lowest BCUT2D eigenvalue weighted by Gasteiger charge is -2.21. The Bertz CT molecular complexity index is 372.